The molecule has 9 rings (SSSR count). The highest BCUT2D eigenvalue weighted by atomic mass is 16.1. The Morgan fingerprint density at radius 3 is 1.65 bits per heavy atom. The number of para-hydroxylation sites is 3. The molecule has 9 aromatic rings. The highest BCUT2D eigenvalue weighted by molar-refractivity contribution is 6.26. The second kappa shape index (κ2) is 7.81. The second-order valence-corrected chi connectivity index (χ2v) is 10.5. The number of aromatic nitrogens is 2. The SMILES string of the molecule is O=c1c2ccccc2c2cc(-n3c4ccccc4c4ccccc43)c(-c3ccccc3)c3c4ccccc4n1c23. The number of nitrogens with zero attached hydrogens (tertiary/aromatic N) is 2. The molecule has 3 aromatic heterocycles. The molecule has 6 aromatic carbocycles. The van der Waals surface area contributed by atoms with Crippen LogP contribution in [0.15, 0.2) is 138 Å². The largest absolute Gasteiger partial charge is 0.309 e. The lowest BCUT2D eigenvalue weighted by molar-refractivity contribution is 1.18. The van der Waals surface area contributed by atoms with Gasteiger partial charge in [-0.3, -0.25) is 9.20 Å². The summed E-state index contributed by atoms with van der Waals surface area (Å²) < 4.78 is 4.35. The van der Waals surface area contributed by atoms with E-state index in [4.69, 9.17) is 0 Å². The van der Waals surface area contributed by atoms with Gasteiger partial charge in [0.05, 0.1) is 27.8 Å². The molecule has 0 aliphatic heterocycles. The molecular formula is C37H22N2O. The van der Waals surface area contributed by atoms with E-state index in [2.05, 4.69) is 114 Å². The van der Waals surface area contributed by atoms with Crippen molar-refractivity contribution in [3.63, 3.8) is 0 Å². The minimum absolute atomic E-state index is 0.0259. The molecule has 0 atom stereocenters. The first kappa shape index (κ1) is 21.5. The van der Waals surface area contributed by atoms with E-state index in [1.54, 1.807) is 0 Å². The molecule has 40 heavy (non-hydrogen) atoms. The first-order valence-corrected chi connectivity index (χ1v) is 13.6. The third kappa shape index (κ3) is 2.66. The first-order valence-electron chi connectivity index (χ1n) is 13.6. The van der Waals surface area contributed by atoms with Crippen molar-refractivity contribution in [3.05, 3.63) is 144 Å². The van der Waals surface area contributed by atoms with Crippen LogP contribution in [0.4, 0.5) is 0 Å². The highest BCUT2D eigenvalue weighted by Crippen LogP contribution is 2.45. The molecule has 0 aliphatic rings. The number of fused-ring (bicyclic) bond motifs is 8. The van der Waals surface area contributed by atoms with Crippen molar-refractivity contribution < 1.29 is 0 Å². The normalized spacial score (nSPS) is 12.1. The van der Waals surface area contributed by atoms with Gasteiger partial charge in [-0.1, -0.05) is 103 Å². The number of pyridine rings is 1. The van der Waals surface area contributed by atoms with Crippen LogP contribution in [-0.2, 0) is 0 Å². The molecule has 3 nitrogen and oxygen atoms in total. The van der Waals surface area contributed by atoms with Crippen molar-refractivity contribution in [2.75, 3.05) is 0 Å². The summed E-state index contributed by atoms with van der Waals surface area (Å²) in [5.41, 5.74) is 7.64. The van der Waals surface area contributed by atoms with Crippen LogP contribution in [0.25, 0.3) is 76.6 Å². The maximum Gasteiger partial charge on any atom is 0.263 e. The summed E-state index contributed by atoms with van der Waals surface area (Å²) in [7, 11) is 0. The maximum atomic E-state index is 14.0. The lowest BCUT2D eigenvalue weighted by Gasteiger charge is -2.18. The van der Waals surface area contributed by atoms with Gasteiger partial charge in [0.2, 0.25) is 0 Å². The molecule has 0 saturated carbocycles. The van der Waals surface area contributed by atoms with E-state index in [1.807, 2.05) is 28.7 Å². The van der Waals surface area contributed by atoms with Crippen molar-refractivity contribution in [1.29, 1.82) is 0 Å². The van der Waals surface area contributed by atoms with Gasteiger partial charge in [-0.2, -0.15) is 0 Å². The summed E-state index contributed by atoms with van der Waals surface area (Å²) in [4.78, 5) is 14.0. The number of rotatable bonds is 2. The van der Waals surface area contributed by atoms with Gasteiger partial charge in [-0.25, -0.2) is 0 Å². The van der Waals surface area contributed by atoms with Crippen LogP contribution in [0, 0.1) is 0 Å². The van der Waals surface area contributed by atoms with Gasteiger partial charge in [-0.05, 0) is 41.3 Å². The fraction of sp³-hybridized carbons (Fsp3) is 0. The molecule has 0 N–H and O–H groups in total. The van der Waals surface area contributed by atoms with Crippen LogP contribution < -0.4 is 5.56 Å². The first-order chi connectivity index (χ1) is 19.8. The van der Waals surface area contributed by atoms with Gasteiger partial charge in [-0.15, -0.1) is 0 Å². The van der Waals surface area contributed by atoms with Gasteiger partial charge in [0.15, 0.2) is 0 Å². The Bertz CT molecular complexity index is 2450. The van der Waals surface area contributed by atoms with Crippen LogP contribution in [0.5, 0.6) is 0 Å². The molecule has 0 bridgehead atoms. The topological polar surface area (TPSA) is 26.4 Å². The summed E-state index contributed by atoms with van der Waals surface area (Å²) in [6.07, 6.45) is 0. The molecule has 186 valence electrons. The zero-order chi connectivity index (χ0) is 26.4. The summed E-state index contributed by atoms with van der Waals surface area (Å²) in [5, 5.41) is 7.44. The van der Waals surface area contributed by atoms with E-state index in [-0.39, 0.29) is 5.56 Å². The zero-order valence-corrected chi connectivity index (χ0v) is 21.5. The van der Waals surface area contributed by atoms with Gasteiger partial charge >= 0.3 is 0 Å². The molecule has 3 heteroatoms. The van der Waals surface area contributed by atoms with Crippen molar-refractivity contribution in [1.82, 2.24) is 8.97 Å². The standard InChI is InChI=1S/C37H22N2O/c40-37-27-17-5-4-14-24(27)29-22-33(38-30-19-9-6-15-25(30)26-16-7-10-20-31(26)38)34(23-12-2-1-3-13-23)35-28-18-8-11-21-32(28)39(37)36(29)35/h1-22H. The van der Waals surface area contributed by atoms with Gasteiger partial charge in [0.1, 0.15) is 0 Å². The van der Waals surface area contributed by atoms with Gasteiger partial charge in [0.25, 0.3) is 5.56 Å². The van der Waals surface area contributed by atoms with E-state index in [1.165, 1.54) is 10.8 Å². The maximum absolute atomic E-state index is 14.0. The summed E-state index contributed by atoms with van der Waals surface area (Å²) >= 11 is 0. The van der Waals surface area contributed by atoms with E-state index < -0.39 is 0 Å². The Labute approximate surface area is 229 Å². The van der Waals surface area contributed by atoms with Crippen molar-refractivity contribution in [3.8, 4) is 16.8 Å². The molecule has 0 unspecified atom stereocenters. The van der Waals surface area contributed by atoms with Gasteiger partial charge < -0.3 is 4.57 Å². The number of hydrogen-bond donors (Lipinski definition) is 0. The van der Waals surface area contributed by atoms with Crippen LogP contribution in [-0.4, -0.2) is 8.97 Å². The van der Waals surface area contributed by atoms with Crippen LogP contribution >= 0.6 is 0 Å². The number of hydrogen-bond acceptors (Lipinski definition) is 1. The Balaban J connectivity index is 1.64. The van der Waals surface area contributed by atoms with Crippen molar-refractivity contribution in [2.45, 2.75) is 0 Å². The fourth-order valence-electron chi connectivity index (χ4n) is 6.85. The quantitative estimate of drug-likeness (QED) is 0.213. The van der Waals surface area contributed by atoms with Crippen LogP contribution in [0.2, 0.25) is 0 Å². The lowest BCUT2D eigenvalue weighted by Crippen LogP contribution is -2.13. The third-order valence-corrected chi connectivity index (χ3v) is 8.45. The molecule has 0 fully saturated rings. The summed E-state index contributed by atoms with van der Waals surface area (Å²) in [6, 6.07) is 46.5. The Hall–Kier alpha value is -5.41. The van der Waals surface area contributed by atoms with Crippen molar-refractivity contribution in [2.24, 2.45) is 0 Å². The minimum Gasteiger partial charge on any atom is -0.309 e. The fourth-order valence-corrected chi connectivity index (χ4v) is 6.85. The Morgan fingerprint density at radius 1 is 0.450 bits per heavy atom. The molecule has 0 aliphatic carbocycles. The van der Waals surface area contributed by atoms with Crippen LogP contribution in [0.1, 0.15) is 0 Å². The lowest BCUT2D eigenvalue weighted by atomic mass is 9.94. The van der Waals surface area contributed by atoms with E-state index >= 15 is 0 Å². The zero-order valence-electron chi connectivity index (χ0n) is 21.5. The van der Waals surface area contributed by atoms with Crippen LogP contribution in [0.3, 0.4) is 0 Å². The average molecular weight is 511 g/mol. The minimum atomic E-state index is 0.0259. The predicted octanol–water partition coefficient (Wildman–Crippen LogP) is 8.96. The van der Waals surface area contributed by atoms with E-state index in [0.717, 1.165) is 65.8 Å². The molecule has 3 heterocycles. The Morgan fingerprint density at radius 2 is 0.975 bits per heavy atom. The molecule has 0 radical (unpaired) electrons. The van der Waals surface area contributed by atoms with E-state index in [0.29, 0.717) is 0 Å². The molecule has 0 saturated heterocycles. The summed E-state index contributed by atoms with van der Waals surface area (Å²) in [6.45, 7) is 0. The molecular weight excluding hydrogens is 488 g/mol. The molecule has 0 amide bonds. The smallest absolute Gasteiger partial charge is 0.263 e. The van der Waals surface area contributed by atoms with Gasteiger partial charge in [0, 0.05) is 37.9 Å². The monoisotopic (exact) mass is 510 g/mol. The average Bonchev–Trinajstić information content (AvgIpc) is 3.54. The number of benzene rings is 6. The third-order valence-electron chi connectivity index (χ3n) is 8.45. The van der Waals surface area contributed by atoms with E-state index in [9.17, 15) is 4.79 Å². The predicted molar refractivity (Wildman–Crippen MR) is 167 cm³/mol. The molecule has 0 spiro atoms. The highest BCUT2D eigenvalue weighted by Gasteiger charge is 2.25. The Kier molecular flexibility index (Phi) is 4.20. The summed E-state index contributed by atoms with van der Waals surface area (Å²) in [5.74, 6) is 0. The second-order valence-electron chi connectivity index (χ2n) is 10.5. The van der Waals surface area contributed by atoms with Crippen molar-refractivity contribution >= 4 is 59.8 Å².